The van der Waals surface area contributed by atoms with E-state index in [9.17, 15) is 9.59 Å². The number of hydrogen-bond donors (Lipinski definition) is 2. The van der Waals surface area contributed by atoms with E-state index in [1.54, 1.807) is 12.1 Å². The number of carbonyl (C=O) groups excluding carboxylic acids is 2. The van der Waals surface area contributed by atoms with Gasteiger partial charge in [0.25, 0.3) is 5.91 Å². The van der Waals surface area contributed by atoms with Crippen LogP contribution in [0.3, 0.4) is 0 Å². The van der Waals surface area contributed by atoms with E-state index in [-0.39, 0.29) is 18.6 Å². The van der Waals surface area contributed by atoms with Crippen LogP contribution in [0.5, 0.6) is 0 Å². The number of hydrogen-bond acceptors (Lipinski definition) is 2. The molecule has 3 rings (SSSR count). The summed E-state index contributed by atoms with van der Waals surface area (Å²) >= 11 is 12.0. The van der Waals surface area contributed by atoms with E-state index < -0.39 is 5.54 Å². The zero-order valence-electron chi connectivity index (χ0n) is 15.3. The van der Waals surface area contributed by atoms with E-state index in [1.807, 2.05) is 50.4 Å². The van der Waals surface area contributed by atoms with Crippen LogP contribution in [0.1, 0.15) is 24.5 Å². The highest BCUT2D eigenvalue weighted by atomic mass is 35.5. The van der Waals surface area contributed by atoms with Crippen LogP contribution in [-0.2, 0) is 16.9 Å². The Bertz CT molecular complexity index is 860. The van der Waals surface area contributed by atoms with Crippen LogP contribution < -0.4 is 10.2 Å². The largest absolute Gasteiger partial charge is 0.329 e. The Morgan fingerprint density at radius 1 is 1.07 bits per heavy atom. The Morgan fingerprint density at radius 2 is 1.78 bits per heavy atom. The van der Waals surface area contributed by atoms with Crippen molar-refractivity contribution in [3.8, 4) is 0 Å². The summed E-state index contributed by atoms with van der Waals surface area (Å²) in [4.78, 5) is 28.0. The third-order valence-electron chi connectivity index (χ3n) is 4.89. The zero-order chi connectivity index (χ0) is 19.6. The molecule has 0 aromatic heterocycles. The van der Waals surface area contributed by atoms with Gasteiger partial charge in [0.2, 0.25) is 0 Å². The molecule has 7 heteroatoms. The maximum Gasteiger partial charge on any atom is 0.329 e. The summed E-state index contributed by atoms with van der Waals surface area (Å²) in [6.45, 7) is 2.78. The normalized spacial score (nSPS) is 20.7. The van der Waals surface area contributed by atoms with Crippen molar-refractivity contribution in [1.82, 2.24) is 10.2 Å². The molecule has 1 fully saturated rings. The Kier molecular flexibility index (Phi) is 5.75. The number of benzene rings is 2. The number of quaternary nitrogens is 1. The molecule has 2 aromatic rings. The second kappa shape index (κ2) is 7.89. The molecule has 0 bridgehead atoms. The number of rotatable bonds is 6. The monoisotopic (exact) mass is 406 g/mol. The fourth-order valence-corrected chi connectivity index (χ4v) is 3.78. The van der Waals surface area contributed by atoms with E-state index in [4.69, 9.17) is 23.2 Å². The molecule has 1 heterocycles. The van der Waals surface area contributed by atoms with Crippen molar-refractivity contribution >= 4 is 35.1 Å². The fourth-order valence-electron chi connectivity index (χ4n) is 3.46. The summed E-state index contributed by atoms with van der Waals surface area (Å²) in [7, 11) is 1.93. The highest BCUT2D eigenvalue weighted by Gasteiger charge is 2.52. The predicted molar refractivity (Wildman–Crippen MR) is 106 cm³/mol. The van der Waals surface area contributed by atoms with Crippen LogP contribution >= 0.6 is 23.2 Å². The first-order valence-corrected chi connectivity index (χ1v) is 9.58. The van der Waals surface area contributed by atoms with E-state index in [0.717, 1.165) is 16.0 Å². The Morgan fingerprint density at radius 3 is 2.41 bits per heavy atom. The van der Waals surface area contributed by atoms with Gasteiger partial charge in [0, 0.05) is 5.56 Å². The summed E-state index contributed by atoms with van der Waals surface area (Å²) in [5.41, 5.74) is 0.789. The van der Waals surface area contributed by atoms with Gasteiger partial charge in [-0.05, 0) is 24.1 Å². The minimum Gasteiger partial charge on any atom is -0.319 e. The third kappa shape index (κ3) is 3.81. The lowest BCUT2D eigenvalue weighted by Crippen LogP contribution is -3.09. The molecular weight excluding hydrogens is 385 g/mol. The third-order valence-corrected chi connectivity index (χ3v) is 5.63. The topological polar surface area (TPSA) is 53.9 Å². The number of imide groups is 1. The van der Waals surface area contributed by atoms with Gasteiger partial charge < -0.3 is 10.2 Å². The summed E-state index contributed by atoms with van der Waals surface area (Å²) < 4.78 is 0. The lowest BCUT2D eigenvalue weighted by Gasteiger charge is -2.26. The highest BCUT2D eigenvalue weighted by Crippen LogP contribution is 2.31. The molecule has 3 amide bonds. The van der Waals surface area contributed by atoms with Gasteiger partial charge in [-0.1, -0.05) is 66.5 Å². The molecule has 142 valence electrons. The van der Waals surface area contributed by atoms with Gasteiger partial charge in [-0.15, -0.1) is 0 Å². The first-order valence-electron chi connectivity index (χ1n) is 8.82. The van der Waals surface area contributed by atoms with Gasteiger partial charge in [0.15, 0.2) is 6.67 Å². The van der Waals surface area contributed by atoms with Gasteiger partial charge in [-0.3, -0.25) is 4.79 Å². The number of amides is 3. The number of urea groups is 1. The van der Waals surface area contributed by atoms with Crippen molar-refractivity contribution in [1.29, 1.82) is 0 Å². The van der Waals surface area contributed by atoms with E-state index in [2.05, 4.69) is 5.32 Å². The smallest absolute Gasteiger partial charge is 0.319 e. The van der Waals surface area contributed by atoms with Gasteiger partial charge in [0.05, 0.1) is 17.1 Å². The average molecular weight is 407 g/mol. The lowest BCUT2D eigenvalue weighted by atomic mass is 9.87. The molecule has 0 spiro atoms. The zero-order valence-corrected chi connectivity index (χ0v) is 16.8. The van der Waals surface area contributed by atoms with Crippen molar-refractivity contribution in [2.75, 3.05) is 13.7 Å². The standard InChI is InChI=1S/C20H21Cl2N3O2/c1-3-20(15-7-5-4-6-8-15)18(26)25(19(27)23-20)13-24(2)12-14-9-10-16(21)17(22)11-14/h4-11H,3,12-13H2,1-2H3,(H,23,27)/p+1/t20-/m1/s1. The minimum absolute atomic E-state index is 0.213. The Labute approximate surface area is 168 Å². The minimum atomic E-state index is -0.998. The van der Waals surface area contributed by atoms with E-state index >= 15 is 0 Å². The van der Waals surface area contributed by atoms with Gasteiger partial charge in [-0.25, -0.2) is 9.69 Å². The second-order valence-corrected chi connectivity index (χ2v) is 7.64. The molecule has 2 atom stereocenters. The number of nitrogens with zero attached hydrogens (tertiary/aromatic N) is 1. The first-order chi connectivity index (χ1) is 12.9. The molecule has 2 N–H and O–H groups in total. The first kappa shape index (κ1) is 19.7. The molecule has 1 saturated heterocycles. The van der Waals surface area contributed by atoms with Crippen LogP contribution in [0, 0.1) is 0 Å². The fraction of sp³-hybridized carbons (Fsp3) is 0.300. The molecule has 27 heavy (non-hydrogen) atoms. The SMILES string of the molecule is CC[C@]1(c2ccccc2)NC(=O)N(C[NH+](C)Cc2ccc(Cl)c(Cl)c2)C1=O. The van der Waals surface area contributed by atoms with Crippen molar-refractivity contribution in [2.24, 2.45) is 0 Å². The summed E-state index contributed by atoms with van der Waals surface area (Å²) in [6, 6.07) is 14.5. The summed E-state index contributed by atoms with van der Waals surface area (Å²) in [6.07, 6.45) is 0.490. The van der Waals surface area contributed by atoms with Crippen molar-refractivity contribution in [3.63, 3.8) is 0 Å². The average Bonchev–Trinajstić information content (AvgIpc) is 2.90. The van der Waals surface area contributed by atoms with E-state index in [0.29, 0.717) is 23.0 Å². The number of halogens is 2. The maximum atomic E-state index is 13.1. The van der Waals surface area contributed by atoms with Crippen LogP contribution in [0.4, 0.5) is 4.79 Å². The summed E-state index contributed by atoms with van der Waals surface area (Å²) in [5.74, 6) is -0.213. The number of nitrogens with one attached hydrogen (secondary N) is 2. The van der Waals surface area contributed by atoms with Crippen molar-refractivity contribution in [3.05, 3.63) is 69.7 Å². The van der Waals surface area contributed by atoms with Gasteiger partial charge in [0.1, 0.15) is 12.1 Å². The molecule has 1 unspecified atom stereocenters. The predicted octanol–water partition coefficient (Wildman–Crippen LogP) is 2.82. The van der Waals surface area contributed by atoms with Crippen LogP contribution in [0.15, 0.2) is 48.5 Å². The molecule has 0 radical (unpaired) electrons. The van der Waals surface area contributed by atoms with Crippen LogP contribution in [-0.4, -0.2) is 30.6 Å². The molecule has 2 aromatic carbocycles. The maximum absolute atomic E-state index is 13.1. The number of carbonyl (C=O) groups is 2. The highest BCUT2D eigenvalue weighted by molar-refractivity contribution is 6.42. The van der Waals surface area contributed by atoms with E-state index in [1.165, 1.54) is 4.90 Å². The molecule has 1 aliphatic heterocycles. The van der Waals surface area contributed by atoms with Crippen molar-refractivity contribution < 1.29 is 14.5 Å². The Hall–Kier alpha value is -2.08. The molecule has 0 aliphatic carbocycles. The molecule has 5 nitrogen and oxygen atoms in total. The Balaban J connectivity index is 1.76. The lowest BCUT2D eigenvalue weighted by molar-refractivity contribution is -0.901. The van der Waals surface area contributed by atoms with Crippen LogP contribution in [0.2, 0.25) is 10.0 Å². The van der Waals surface area contributed by atoms with Crippen molar-refractivity contribution in [2.45, 2.75) is 25.4 Å². The van der Waals surface area contributed by atoms with Gasteiger partial charge in [-0.2, -0.15) is 0 Å². The molecule has 1 aliphatic rings. The molecule has 0 saturated carbocycles. The quantitative estimate of drug-likeness (QED) is 0.724. The molecular formula is C20H22Cl2N3O2+. The van der Waals surface area contributed by atoms with Crippen LogP contribution in [0.25, 0.3) is 0 Å². The second-order valence-electron chi connectivity index (χ2n) is 6.83. The van der Waals surface area contributed by atoms with Gasteiger partial charge >= 0.3 is 6.03 Å². The summed E-state index contributed by atoms with van der Waals surface area (Å²) in [5, 5.41) is 3.90.